The fraction of sp³-hybridized carbons (Fsp3) is 0.750. The van der Waals surface area contributed by atoms with E-state index in [0.29, 0.717) is 6.54 Å². The molecule has 0 aromatic rings. The van der Waals surface area contributed by atoms with Gasteiger partial charge in [-0.2, -0.15) is 0 Å². The second-order valence-electron chi connectivity index (χ2n) is 2.93. The number of nitrogens with one attached hydrogen (secondary N) is 1. The van der Waals surface area contributed by atoms with E-state index in [0.717, 1.165) is 12.8 Å². The molecule has 74 valence electrons. The summed E-state index contributed by atoms with van der Waals surface area (Å²) in [6.07, 6.45) is 1.12. The van der Waals surface area contributed by atoms with Gasteiger partial charge in [0.05, 0.1) is 0 Å². The SMILES string of the molecule is CCCCN1C(=O)NC(=O)C1OC. The van der Waals surface area contributed by atoms with Gasteiger partial charge >= 0.3 is 6.03 Å². The lowest BCUT2D eigenvalue weighted by Crippen LogP contribution is -2.37. The third kappa shape index (κ3) is 1.98. The van der Waals surface area contributed by atoms with Crippen molar-refractivity contribution in [2.75, 3.05) is 13.7 Å². The van der Waals surface area contributed by atoms with Gasteiger partial charge in [0, 0.05) is 13.7 Å². The second kappa shape index (κ2) is 4.23. The smallest absolute Gasteiger partial charge is 0.326 e. The molecule has 0 saturated carbocycles. The van der Waals surface area contributed by atoms with E-state index in [2.05, 4.69) is 5.32 Å². The standard InChI is InChI=1S/C8H14N2O3/c1-3-4-5-10-7(13-2)6(11)9-8(10)12/h7H,3-5H2,1-2H3,(H,9,11,12). The van der Waals surface area contributed by atoms with E-state index in [-0.39, 0.29) is 11.9 Å². The molecule has 1 saturated heterocycles. The van der Waals surface area contributed by atoms with Crippen molar-refractivity contribution < 1.29 is 14.3 Å². The van der Waals surface area contributed by atoms with Crippen molar-refractivity contribution in [1.29, 1.82) is 0 Å². The van der Waals surface area contributed by atoms with Crippen molar-refractivity contribution in [2.24, 2.45) is 0 Å². The normalized spacial score (nSPS) is 22.3. The monoisotopic (exact) mass is 186 g/mol. The minimum Gasteiger partial charge on any atom is -0.353 e. The average Bonchev–Trinajstić information content (AvgIpc) is 2.37. The minimum absolute atomic E-state index is 0.356. The number of ether oxygens (including phenoxy) is 1. The fourth-order valence-corrected chi connectivity index (χ4v) is 1.27. The molecule has 5 heteroatoms. The van der Waals surface area contributed by atoms with Crippen molar-refractivity contribution in [3.05, 3.63) is 0 Å². The largest absolute Gasteiger partial charge is 0.353 e. The number of carbonyl (C=O) groups is 2. The Labute approximate surface area is 77.0 Å². The summed E-state index contributed by atoms with van der Waals surface area (Å²) in [7, 11) is 1.42. The Morgan fingerprint density at radius 2 is 2.23 bits per heavy atom. The highest BCUT2D eigenvalue weighted by atomic mass is 16.5. The zero-order valence-electron chi connectivity index (χ0n) is 7.87. The van der Waals surface area contributed by atoms with Crippen molar-refractivity contribution >= 4 is 11.9 Å². The summed E-state index contributed by atoms with van der Waals surface area (Å²) in [5.74, 6) is -0.372. The van der Waals surface area contributed by atoms with Gasteiger partial charge in [0.2, 0.25) is 6.23 Å². The first kappa shape index (κ1) is 9.98. The van der Waals surface area contributed by atoms with E-state index < -0.39 is 6.23 Å². The maximum Gasteiger partial charge on any atom is 0.326 e. The quantitative estimate of drug-likeness (QED) is 0.643. The molecular formula is C8H14N2O3. The van der Waals surface area contributed by atoms with E-state index in [1.165, 1.54) is 12.0 Å². The van der Waals surface area contributed by atoms with Gasteiger partial charge in [0.25, 0.3) is 5.91 Å². The average molecular weight is 186 g/mol. The highest BCUT2D eigenvalue weighted by molar-refractivity contribution is 6.03. The number of nitrogens with zero attached hydrogens (tertiary/aromatic N) is 1. The van der Waals surface area contributed by atoms with Crippen LogP contribution in [0.4, 0.5) is 4.79 Å². The van der Waals surface area contributed by atoms with Crippen LogP contribution in [0.3, 0.4) is 0 Å². The lowest BCUT2D eigenvalue weighted by atomic mass is 10.3. The van der Waals surface area contributed by atoms with Gasteiger partial charge in [-0.25, -0.2) is 4.79 Å². The van der Waals surface area contributed by atoms with E-state index >= 15 is 0 Å². The molecule has 1 rings (SSSR count). The summed E-state index contributed by atoms with van der Waals surface area (Å²) in [5, 5.41) is 2.20. The van der Waals surface area contributed by atoms with Crippen molar-refractivity contribution in [2.45, 2.75) is 26.0 Å². The first-order valence-electron chi connectivity index (χ1n) is 4.35. The van der Waals surface area contributed by atoms with Gasteiger partial charge in [-0.15, -0.1) is 0 Å². The lowest BCUT2D eigenvalue weighted by molar-refractivity contribution is -0.133. The number of urea groups is 1. The summed E-state index contributed by atoms with van der Waals surface area (Å²) >= 11 is 0. The van der Waals surface area contributed by atoms with Gasteiger partial charge in [0.15, 0.2) is 0 Å². The summed E-state index contributed by atoms with van der Waals surface area (Å²) in [6, 6.07) is -0.356. The van der Waals surface area contributed by atoms with Crippen LogP contribution in [0.15, 0.2) is 0 Å². The van der Waals surface area contributed by atoms with Crippen LogP contribution in [0.2, 0.25) is 0 Å². The van der Waals surface area contributed by atoms with Crippen molar-refractivity contribution in [1.82, 2.24) is 10.2 Å². The molecule has 0 aromatic heterocycles. The molecule has 1 atom stereocenters. The molecule has 0 bridgehead atoms. The van der Waals surface area contributed by atoms with Gasteiger partial charge in [-0.1, -0.05) is 13.3 Å². The molecule has 1 N–H and O–H groups in total. The summed E-state index contributed by atoms with van der Waals surface area (Å²) in [4.78, 5) is 23.7. The Hall–Kier alpha value is -1.10. The van der Waals surface area contributed by atoms with Crippen LogP contribution in [-0.4, -0.2) is 36.7 Å². The van der Waals surface area contributed by atoms with Gasteiger partial charge < -0.3 is 4.74 Å². The van der Waals surface area contributed by atoms with E-state index in [4.69, 9.17) is 4.74 Å². The van der Waals surface area contributed by atoms with Crippen LogP contribution in [0, 0.1) is 0 Å². The third-order valence-corrected chi connectivity index (χ3v) is 1.97. The van der Waals surface area contributed by atoms with Crippen LogP contribution in [0.1, 0.15) is 19.8 Å². The van der Waals surface area contributed by atoms with Gasteiger partial charge in [0.1, 0.15) is 0 Å². The maximum absolute atomic E-state index is 11.2. The number of carbonyl (C=O) groups excluding carboxylic acids is 2. The number of rotatable bonds is 4. The number of imide groups is 1. The predicted molar refractivity (Wildman–Crippen MR) is 45.9 cm³/mol. The molecule has 3 amide bonds. The van der Waals surface area contributed by atoms with Crippen LogP contribution >= 0.6 is 0 Å². The zero-order valence-corrected chi connectivity index (χ0v) is 7.87. The summed E-state index contributed by atoms with van der Waals surface area (Å²) in [6.45, 7) is 2.59. The van der Waals surface area contributed by atoms with E-state index in [1.807, 2.05) is 6.92 Å². The Kier molecular flexibility index (Phi) is 3.25. The third-order valence-electron chi connectivity index (χ3n) is 1.97. The number of unbranched alkanes of at least 4 members (excludes halogenated alkanes) is 1. The van der Waals surface area contributed by atoms with E-state index in [9.17, 15) is 9.59 Å². The first-order valence-corrected chi connectivity index (χ1v) is 4.35. The zero-order chi connectivity index (χ0) is 9.84. The molecule has 13 heavy (non-hydrogen) atoms. The van der Waals surface area contributed by atoms with Crippen LogP contribution in [0.25, 0.3) is 0 Å². The Morgan fingerprint density at radius 3 is 2.77 bits per heavy atom. The molecule has 0 radical (unpaired) electrons. The topological polar surface area (TPSA) is 58.6 Å². The first-order chi connectivity index (χ1) is 6.20. The molecule has 1 fully saturated rings. The molecular weight excluding hydrogens is 172 g/mol. The number of hydrogen-bond donors (Lipinski definition) is 1. The Bertz CT molecular complexity index is 217. The molecule has 1 aliphatic rings. The van der Waals surface area contributed by atoms with Crippen molar-refractivity contribution in [3.63, 3.8) is 0 Å². The molecule has 1 heterocycles. The van der Waals surface area contributed by atoms with E-state index in [1.54, 1.807) is 0 Å². The highest BCUT2D eigenvalue weighted by Crippen LogP contribution is 2.10. The van der Waals surface area contributed by atoms with Crippen molar-refractivity contribution in [3.8, 4) is 0 Å². The molecule has 1 unspecified atom stereocenters. The molecule has 5 nitrogen and oxygen atoms in total. The highest BCUT2D eigenvalue weighted by Gasteiger charge is 2.37. The molecule has 0 aliphatic carbocycles. The Morgan fingerprint density at radius 1 is 1.54 bits per heavy atom. The van der Waals surface area contributed by atoms with Gasteiger partial charge in [-0.05, 0) is 6.42 Å². The van der Waals surface area contributed by atoms with Gasteiger partial charge in [-0.3, -0.25) is 15.0 Å². The minimum atomic E-state index is -0.737. The summed E-state index contributed by atoms with van der Waals surface area (Å²) in [5.41, 5.74) is 0. The number of methoxy groups -OCH3 is 1. The lowest BCUT2D eigenvalue weighted by Gasteiger charge is -2.19. The molecule has 1 aliphatic heterocycles. The molecule has 0 aromatic carbocycles. The summed E-state index contributed by atoms with van der Waals surface area (Å²) < 4.78 is 4.90. The fourth-order valence-electron chi connectivity index (χ4n) is 1.27. The number of amides is 3. The Balaban J connectivity index is 2.58. The second-order valence-corrected chi connectivity index (χ2v) is 2.93. The van der Waals surface area contributed by atoms with Crippen LogP contribution < -0.4 is 5.32 Å². The number of hydrogen-bond acceptors (Lipinski definition) is 3. The van der Waals surface area contributed by atoms with Crippen LogP contribution in [-0.2, 0) is 9.53 Å². The molecule has 0 spiro atoms. The predicted octanol–water partition coefficient (Wildman–Crippen LogP) is 0.311. The van der Waals surface area contributed by atoms with Crippen LogP contribution in [0.5, 0.6) is 0 Å². The maximum atomic E-state index is 11.2.